The summed E-state index contributed by atoms with van der Waals surface area (Å²) in [6.45, 7) is 11.0. The lowest BCUT2D eigenvalue weighted by Crippen LogP contribution is -2.37. The summed E-state index contributed by atoms with van der Waals surface area (Å²) < 4.78 is 0. The Labute approximate surface area is 120 Å². The van der Waals surface area contributed by atoms with E-state index < -0.39 is 0 Å². The number of likely N-dealkylation sites (N-methyl/N-ethyl adjacent to an activating group) is 1. The van der Waals surface area contributed by atoms with Gasteiger partial charge in [-0.3, -0.25) is 0 Å². The highest BCUT2D eigenvalue weighted by atomic mass is 32.1. The van der Waals surface area contributed by atoms with Crippen LogP contribution in [-0.2, 0) is 6.54 Å². The Morgan fingerprint density at radius 3 is 3.00 bits per heavy atom. The van der Waals surface area contributed by atoms with E-state index in [1.165, 1.54) is 23.0 Å². The van der Waals surface area contributed by atoms with Gasteiger partial charge in [0.1, 0.15) is 0 Å². The second-order valence-corrected chi connectivity index (χ2v) is 6.90. The third kappa shape index (κ3) is 4.16. The van der Waals surface area contributed by atoms with Crippen LogP contribution in [0.15, 0.2) is 6.20 Å². The molecule has 108 valence electrons. The smallest absolute Gasteiger partial charge is 0.185 e. The summed E-state index contributed by atoms with van der Waals surface area (Å²) in [5.41, 5.74) is 0. The van der Waals surface area contributed by atoms with Gasteiger partial charge in [-0.05, 0) is 26.9 Å². The first-order valence-electron chi connectivity index (χ1n) is 7.19. The van der Waals surface area contributed by atoms with Crippen molar-refractivity contribution in [3.63, 3.8) is 0 Å². The van der Waals surface area contributed by atoms with Crippen LogP contribution >= 0.6 is 11.3 Å². The number of nitrogens with one attached hydrogen (secondary N) is 1. The molecule has 1 saturated heterocycles. The Morgan fingerprint density at radius 2 is 2.26 bits per heavy atom. The molecule has 1 fully saturated rings. The van der Waals surface area contributed by atoms with E-state index in [0.717, 1.165) is 19.6 Å². The maximum absolute atomic E-state index is 4.62. The van der Waals surface area contributed by atoms with Crippen molar-refractivity contribution in [3.05, 3.63) is 11.1 Å². The zero-order valence-electron chi connectivity index (χ0n) is 12.5. The third-order valence-corrected chi connectivity index (χ3v) is 4.55. The number of nitrogens with zero attached hydrogens (tertiary/aromatic N) is 3. The molecule has 1 aliphatic rings. The van der Waals surface area contributed by atoms with Crippen LogP contribution in [0.4, 0.5) is 5.13 Å². The third-order valence-electron chi connectivity index (χ3n) is 3.52. The summed E-state index contributed by atoms with van der Waals surface area (Å²) in [7, 11) is 2.21. The molecule has 1 unspecified atom stereocenters. The van der Waals surface area contributed by atoms with Gasteiger partial charge in [0, 0.05) is 42.8 Å². The van der Waals surface area contributed by atoms with Crippen LogP contribution in [0, 0.1) is 0 Å². The minimum atomic E-state index is 0.524. The zero-order valence-corrected chi connectivity index (χ0v) is 13.3. The van der Waals surface area contributed by atoms with Gasteiger partial charge in [0.25, 0.3) is 0 Å². The fourth-order valence-electron chi connectivity index (χ4n) is 2.47. The zero-order chi connectivity index (χ0) is 13.8. The second-order valence-electron chi connectivity index (χ2n) is 5.80. The van der Waals surface area contributed by atoms with Crippen LogP contribution in [0.5, 0.6) is 0 Å². The summed E-state index contributed by atoms with van der Waals surface area (Å²) in [5, 5.41) is 4.64. The van der Waals surface area contributed by atoms with Gasteiger partial charge < -0.3 is 15.1 Å². The highest BCUT2D eigenvalue weighted by Crippen LogP contribution is 2.25. The first-order valence-corrected chi connectivity index (χ1v) is 8.01. The Balaban J connectivity index is 2.00. The minimum absolute atomic E-state index is 0.524. The number of hydrogen-bond acceptors (Lipinski definition) is 5. The predicted molar refractivity (Wildman–Crippen MR) is 83.0 cm³/mol. The van der Waals surface area contributed by atoms with Gasteiger partial charge in [0.05, 0.1) is 0 Å². The maximum atomic E-state index is 4.62. The van der Waals surface area contributed by atoms with E-state index in [9.17, 15) is 0 Å². The monoisotopic (exact) mass is 282 g/mol. The van der Waals surface area contributed by atoms with Gasteiger partial charge >= 0.3 is 0 Å². The first kappa shape index (κ1) is 14.8. The average Bonchev–Trinajstić information content (AvgIpc) is 2.73. The van der Waals surface area contributed by atoms with E-state index >= 15 is 0 Å². The summed E-state index contributed by atoms with van der Waals surface area (Å²) >= 11 is 1.83. The summed E-state index contributed by atoms with van der Waals surface area (Å²) in [6.07, 6.45) is 3.25. The topological polar surface area (TPSA) is 31.4 Å². The second kappa shape index (κ2) is 6.68. The molecule has 0 aromatic carbocycles. The molecule has 1 aromatic rings. The molecule has 1 aromatic heterocycles. The van der Waals surface area contributed by atoms with E-state index in [1.54, 1.807) is 0 Å². The molecule has 2 heterocycles. The highest BCUT2D eigenvalue weighted by Gasteiger charge is 2.22. The Hall–Kier alpha value is -0.650. The molecule has 1 atom stereocenters. The predicted octanol–water partition coefficient (Wildman–Crippen LogP) is 2.17. The molecule has 0 bridgehead atoms. The van der Waals surface area contributed by atoms with Gasteiger partial charge in [0.15, 0.2) is 5.13 Å². The van der Waals surface area contributed by atoms with Crippen LogP contribution in [0.3, 0.4) is 0 Å². The van der Waals surface area contributed by atoms with E-state index in [1.807, 2.05) is 17.5 Å². The normalized spacial score (nSPS) is 21.9. The molecule has 0 aliphatic carbocycles. The van der Waals surface area contributed by atoms with Gasteiger partial charge in [-0.2, -0.15) is 0 Å². The van der Waals surface area contributed by atoms with Crippen molar-refractivity contribution in [2.45, 2.75) is 45.8 Å². The summed E-state index contributed by atoms with van der Waals surface area (Å²) in [5.74, 6) is 0. The first-order chi connectivity index (χ1) is 9.06. The van der Waals surface area contributed by atoms with Gasteiger partial charge in [-0.25, -0.2) is 4.98 Å². The highest BCUT2D eigenvalue weighted by molar-refractivity contribution is 7.15. The summed E-state index contributed by atoms with van der Waals surface area (Å²) in [4.78, 5) is 10.8. The molecular formula is C14H26N4S. The van der Waals surface area contributed by atoms with Crippen molar-refractivity contribution in [1.82, 2.24) is 15.2 Å². The molecule has 19 heavy (non-hydrogen) atoms. The van der Waals surface area contributed by atoms with Crippen molar-refractivity contribution in [1.29, 1.82) is 0 Å². The lowest BCUT2D eigenvalue weighted by molar-refractivity contribution is 0.337. The van der Waals surface area contributed by atoms with Crippen molar-refractivity contribution in [2.75, 3.05) is 31.6 Å². The van der Waals surface area contributed by atoms with Crippen LogP contribution in [-0.4, -0.2) is 48.6 Å². The standard InChI is InChI=1S/C14H26N4S/c1-11(2)15-8-13-9-16-14(19-13)18-7-5-6-17(4)10-12(18)3/h9,11-12,15H,5-8,10H2,1-4H3. The summed E-state index contributed by atoms with van der Waals surface area (Å²) in [6, 6.07) is 1.07. The molecule has 0 saturated carbocycles. The van der Waals surface area contributed by atoms with E-state index in [4.69, 9.17) is 0 Å². The molecule has 0 spiro atoms. The number of hydrogen-bond donors (Lipinski definition) is 1. The number of aromatic nitrogens is 1. The van der Waals surface area contributed by atoms with E-state index in [2.05, 4.69) is 47.9 Å². The van der Waals surface area contributed by atoms with Crippen LogP contribution in [0.2, 0.25) is 0 Å². The van der Waals surface area contributed by atoms with Crippen molar-refractivity contribution in [2.24, 2.45) is 0 Å². The molecule has 4 nitrogen and oxygen atoms in total. The quantitative estimate of drug-likeness (QED) is 0.917. The maximum Gasteiger partial charge on any atom is 0.185 e. The molecular weight excluding hydrogens is 256 g/mol. The molecule has 1 aliphatic heterocycles. The molecule has 0 amide bonds. The van der Waals surface area contributed by atoms with E-state index in [-0.39, 0.29) is 0 Å². The van der Waals surface area contributed by atoms with Gasteiger partial charge in [-0.1, -0.05) is 13.8 Å². The lowest BCUT2D eigenvalue weighted by atomic mass is 10.3. The fourth-order valence-corrected chi connectivity index (χ4v) is 3.46. The molecule has 0 radical (unpaired) electrons. The van der Waals surface area contributed by atoms with Crippen molar-refractivity contribution < 1.29 is 0 Å². The van der Waals surface area contributed by atoms with Crippen molar-refractivity contribution in [3.8, 4) is 0 Å². The molecule has 2 rings (SSSR count). The Morgan fingerprint density at radius 1 is 1.47 bits per heavy atom. The van der Waals surface area contributed by atoms with Crippen LogP contribution in [0.1, 0.15) is 32.1 Å². The fraction of sp³-hybridized carbons (Fsp3) is 0.786. The lowest BCUT2D eigenvalue weighted by Gasteiger charge is -2.27. The van der Waals surface area contributed by atoms with Crippen molar-refractivity contribution >= 4 is 16.5 Å². The average molecular weight is 282 g/mol. The molecule has 5 heteroatoms. The molecule has 1 N–H and O–H groups in total. The largest absolute Gasteiger partial charge is 0.344 e. The Kier molecular flexibility index (Phi) is 5.19. The number of thiazole rings is 1. The Bertz CT molecular complexity index is 391. The van der Waals surface area contributed by atoms with Crippen LogP contribution < -0.4 is 10.2 Å². The minimum Gasteiger partial charge on any atom is -0.344 e. The van der Waals surface area contributed by atoms with Crippen LogP contribution in [0.25, 0.3) is 0 Å². The van der Waals surface area contributed by atoms with Gasteiger partial charge in [-0.15, -0.1) is 11.3 Å². The number of anilines is 1. The van der Waals surface area contributed by atoms with Gasteiger partial charge in [0.2, 0.25) is 0 Å². The SMILES string of the molecule is CC(C)NCc1cnc(N2CCCN(C)CC2C)s1. The number of rotatable bonds is 4. The van der Waals surface area contributed by atoms with E-state index in [0.29, 0.717) is 12.1 Å².